The van der Waals surface area contributed by atoms with E-state index in [9.17, 15) is 19.1 Å². The van der Waals surface area contributed by atoms with E-state index >= 15 is 4.39 Å². The molecule has 3 amide bonds. The first-order valence-corrected chi connectivity index (χ1v) is 11.7. The lowest BCUT2D eigenvalue weighted by Crippen LogP contribution is -2.69. The normalized spacial score (nSPS) is 33.6. The number of alkyl halides is 1. The average Bonchev–Trinajstić information content (AvgIpc) is 3.09. The van der Waals surface area contributed by atoms with Crippen molar-refractivity contribution in [3.63, 3.8) is 0 Å². The second-order valence-electron chi connectivity index (χ2n) is 10.8. The van der Waals surface area contributed by atoms with Crippen LogP contribution in [0.1, 0.15) is 54.6 Å². The van der Waals surface area contributed by atoms with Crippen LogP contribution in [0.15, 0.2) is 24.3 Å². The van der Waals surface area contributed by atoms with Crippen molar-refractivity contribution in [2.24, 2.45) is 11.7 Å². The number of nitrogens with two attached hydrogens (primary N) is 1. The fourth-order valence-electron chi connectivity index (χ4n) is 7.30. The minimum absolute atomic E-state index is 0.0145. The van der Waals surface area contributed by atoms with E-state index in [1.54, 1.807) is 16.8 Å². The van der Waals surface area contributed by atoms with Gasteiger partial charge in [-0.1, -0.05) is 12.1 Å². The van der Waals surface area contributed by atoms with E-state index in [-0.39, 0.29) is 30.9 Å². The standard InChI is InChI=1S/C24H27F2N5O3/c25-16-3-1-2-15(6-16)19-18(17-10-30(21(27)33)4-5-31(17)29-19)20(32)28-23-8-14-7-22(26,11-23)12-24(34,9-14)13-23/h1-3,6,14,34H,4-5,7-13H2,(H2,27,33)(H,28,32). The van der Waals surface area contributed by atoms with Crippen molar-refractivity contribution in [1.82, 2.24) is 20.0 Å². The number of hydrogen-bond acceptors (Lipinski definition) is 4. The Balaban J connectivity index is 1.41. The Morgan fingerprint density at radius 1 is 1.18 bits per heavy atom. The molecule has 4 bridgehead atoms. The van der Waals surface area contributed by atoms with E-state index in [4.69, 9.17) is 5.73 Å². The fraction of sp³-hybridized carbons (Fsp3) is 0.542. The van der Waals surface area contributed by atoms with E-state index in [0.29, 0.717) is 55.7 Å². The molecule has 4 aliphatic carbocycles. The minimum Gasteiger partial charge on any atom is -0.390 e. The molecule has 1 aromatic heterocycles. The van der Waals surface area contributed by atoms with Crippen molar-refractivity contribution in [2.45, 2.75) is 68.4 Å². The number of nitrogens with zero attached hydrogens (tertiary/aromatic N) is 3. The summed E-state index contributed by atoms with van der Waals surface area (Å²) >= 11 is 0. The lowest BCUT2D eigenvalue weighted by atomic mass is 9.50. The SMILES string of the molecule is NC(=O)N1CCn2nc(-c3cccc(F)c3)c(C(=O)NC34CC5CC(O)(CC(F)(C5)C3)C4)c2C1. The molecule has 4 saturated carbocycles. The van der Waals surface area contributed by atoms with Crippen LogP contribution in [-0.2, 0) is 13.1 Å². The molecule has 2 heterocycles. The van der Waals surface area contributed by atoms with Crippen LogP contribution in [0.2, 0.25) is 0 Å². The number of aromatic nitrogens is 2. The minimum atomic E-state index is -1.49. The van der Waals surface area contributed by atoms with Gasteiger partial charge >= 0.3 is 6.03 Å². The van der Waals surface area contributed by atoms with E-state index in [1.165, 1.54) is 17.0 Å². The largest absolute Gasteiger partial charge is 0.390 e. The summed E-state index contributed by atoms with van der Waals surface area (Å²) in [5.41, 5.74) is 3.49. The van der Waals surface area contributed by atoms with Crippen LogP contribution >= 0.6 is 0 Å². The van der Waals surface area contributed by atoms with Gasteiger partial charge in [-0.2, -0.15) is 5.10 Å². The molecule has 0 saturated heterocycles. The zero-order chi connectivity index (χ0) is 23.9. The number of nitrogens with one attached hydrogen (secondary N) is 1. The highest BCUT2D eigenvalue weighted by atomic mass is 19.1. The smallest absolute Gasteiger partial charge is 0.315 e. The van der Waals surface area contributed by atoms with Crippen LogP contribution in [0.4, 0.5) is 13.6 Å². The monoisotopic (exact) mass is 471 g/mol. The molecule has 7 rings (SSSR count). The molecule has 0 spiro atoms. The Labute approximate surface area is 195 Å². The molecule has 4 N–H and O–H groups in total. The maximum absolute atomic E-state index is 15.5. The van der Waals surface area contributed by atoms with Crippen molar-refractivity contribution in [1.29, 1.82) is 0 Å². The maximum Gasteiger partial charge on any atom is 0.315 e. The van der Waals surface area contributed by atoms with Crippen LogP contribution in [0, 0.1) is 11.7 Å². The van der Waals surface area contributed by atoms with Gasteiger partial charge in [0.25, 0.3) is 5.91 Å². The predicted molar refractivity (Wildman–Crippen MR) is 118 cm³/mol. The van der Waals surface area contributed by atoms with Gasteiger partial charge in [0.05, 0.1) is 29.9 Å². The molecule has 8 nitrogen and oxygen atoms in total. The number of hydrogen-bond donors (Lipinski definition) is 3. The molecule has 34 heavy (non-hydrogen) atoms. The molecule has 1 aliphatic heterocycles. The highest BCUT2D eigenvalue weighted by molar-refractivity contribution is 6.01. The molecular formula is C24H27F2N5O3. The number of halogens is 2. The zero-order valence-corrected chi connectivity index (χ0v) is 18.7. The summed E-state index contributed by atoms with van der Waals surface area (Å²) < 4.78 is 31.2. The number of amides is 3. The second kappa shape index (κ2) is 7.00. The highest BCUT2D eigenvalue weighted by Gasteiger charge is 2.64. The summed E-state index contributed by atoms with van der Waals surface area (Å²) in [5.74, 6) is -0.905. The highest BCUT2D eigenvalue weighted by Crippen LogP contribution is 2.60. The molecule has 4 unspecified atom stereocenters. The molecule has 10 heteroatoms. The Hall–Kier alpha value is -3.01. The summed E-state index contributed by atoms with van der Waals surface area (Å²) in [6, 6.07) is 5.23. The molecule has 5 aliphatic rings. The number of benzene rings is 1. The molecule has 2 aromatic rings. The predicted octanol–water partition coefficient (Wildman–Crippen LogP) is 2.49. The van der Waals surface area contributed by atoms with Crippen LogP contribution in [-0.4, -0.2) is 55.1 Å². The van der Waals surface area contributed by atoms with E-state index in [1.807, 2.05) is 0 Å². The number of rotatable bonds is 3. The van der Waals surface area contributed by atoms with Crippen LogP contribution < -0.4 is 11.1 Å². The molecule has 4 fully saturated rings. The molecule has 180 valence electrons. The molecule has 1 aromatic carbocycles. The number of urea groups is 1. The average molecular weight is 472 g/mol. The Morgan fingerprint density at radius 3 is 2.71 bits per heavy atom. The van der Waals surface area contributed by atoms with Gasteiger partial charge in [0.2, 0.25) is 0 Å². The van der Waals surface area contributed by atoms with Gasteiger partial charge in [-0.25, -0.2) is 13.6 Å². The van der Waals surface area contributed by atoms with Crippen molar-refractivity contribution < 1.29 is 23.5 Å². The summed E-state index contributed by atoms with van der Waals surface area (Å²) in [5, 5.41) is 18.7. The number of aliphatic hydroxyl groups is 1. The molecule has 4 atom stereocenters. The second-order valence-corrected chi connectivity index (χ2v) is 10.8. The van der Waals surface area contributed by atoms with Crippen molar-refractivity contribution >= 4 is 11.9 Å². The van der Waals surface area contributed by atoms with E-state index < -0.39 is 34.6 Å². The lowest BCUT2D eigenvalue weighted by Gasteiger charge is -2.62. The summed E-state index contributed by atoms with van der Waals surface area (Å²) in [6.45, 7) is 0.776. The van der Waals surface area contributed by atoms with Crippen LogP contribution in [0.5, 0.6) is 0 Å². The number of fused-ring (bicyclic) bond motifs is 1. The summed E-state index contributed by atoms with van der Waals surface area (Å²) in [7, 11) is 0. The van der Waals surface area contributed by atoms with Gasteiger partial charge < -0.3 is 21.1 Å². The van der Waals surface area contributed by atoms with Gasteiger partial charge in [-0.3, -0.25) is 9.48 Å². The third kappa shape index (κ3) is 3.38. The third-order valence-electron chi connectivity index (χ3n) is 7.97. The van der Waals surface area contributed by atoms with Gasteiger partial charge in [-0.15, -0.1) is 0 Å². The molecule has 0 radical (unpaired) electrons. The van der Waals surface area contributed by atoms with Crippen molar-refractivity contribution in [2.75, 3.05) is 6.54 Å². The summed E-state index contributed by atoms with van der Waals surface area (Å²) in [4.78, 5) is 27.1. The van der Waals surface area contributed by atoms with Gasteiger partial charge in [0, 0.05) is 30.5 Å². The van der Waals surface area contributed by atoms with E-state index in [0.717, 1.165) is 0 Å². The quantitative estimate of drug-likeness (QED) is 0.638. The molecular weight excluding hydrogens is 444 g/mol. The van der Waals surface area contributed by atoms with Crippen molar-refractivity contribution in [3.8, 4) is 11.3 Å². The van der Waals surface area contributed by atoms with Crippen LogP contribution in [0.3, 0.4) is 0 Å². The van der Waals surface area contributed by atoms with Gasteiger partial charge in [0.15, 0.2) is 0 Å². The third-order valence-corrected chi connectivity index (χ3v) is 7.97. The maximum atomic E-state index is 15.5. The Morgan fingerprint density at radius 2 is 2.00 bits per heavy atom. The first-order chi connectivity index (χ1) is 16.1. The number of carbonyl (C=O) groups excluding carboxylic acids is 2. The van der Waals surface area contributed by atoms with E-state index in [2.05, 4.69) is 10.4 Å². The topological polar surface area (TPSA) is 113 Å². The number of primary amides is 1. The Kier molecular flexibility index (Phi) is 4.43. The van der Waals surface area contributed by atoms with Gasteiger partial charge in [-0.05, 0) is 43.7 Å². The fourth-order valence-corrected chi connectivity index (χ4v) is 7.30. The lowest BCUT2D eigenvalue weighted by molar-refractivity contribution is -0.182. The first kappa shape index (κ1) is 21.5. The van der Waals surface area contributed by atoms with Crippen molar-refractivity contribution in [3.05, 3.63) is 41.3 Å². The number of carbonyl (C=O) groups is 2. The first-order valence-electron chi connectivity index (χ1n) is 11.7. The Bertz CT molecular complexity index is 1200. The summed E-state index contributed by atoms with van der Waals surface area (Å²) in [6.07, 6.45) is 2.16. The van der Waals surface area contributed by atoms with Gasteiger partial charge in [0.1, 0.15) is 17.2 Å². The zero-order valence-electron chi connectivity index (χ0n) is 18.7. The van der Waals surface area contributed by atoms with Crippen LogP contribution in [0.25, 0.3) is 11.3 Å².